The Labute approximate surface area is 126 Å². The Bertz CT molecular complexity index is 578. The molecule has 112 valence electrons. The van der Waals surface area contributed by atoms with Gasteiger partial charge in [0.15, 0.2) is 0 Å². The van der Waals surface area contributed by atoms with Gasteiger partial charge < -0.3 is 10.2 Å². The number of benzene rings is 2. The van der Waals surface area contributed by atoms with Gasteiger partial charge in [-0.1, -0.05) is 24.6 Å². The van der Waals surface area contributed by atoms with Gasteiger partial charge in [0.25, 0.3) is 0 Å². The van der Waals surface area contributed by atoms with Crippen LogP contribution in [0.1, 0.15) is 25.0 Å². The summed E-state index contributed by atoms with van der Waals surface area (Å²) in [5.41, 5.74) is 4.41. The lowest BCUT2D eigenvalue weighted by Crippen LogP contribution is -2.20. The summed E-state index contributed by atoms with van der Waals surface area (Å²) in [6.45, 7) is 8.62. The molecule has 2 rings (SSSR count). The highest BCUT2D eigenvalue weighted by atomic mass is 19.1. The molecule has 3 heteroatoms. The van der Waals surface area contributed by atoms with Crippen LogP contribution < -0.4 is 10.2 Å². The molecule has 21 heavy (non-hydrogen) atoms. The van der Waals surface area contributed by atoms with Crippen molar-refractivity contribution in [2.24, 2.45) is 0 Å². The Morgan fingerprint density at radius 1 is 1.05 bits per heavy atom. The highest BCUT2D eigenvalue weighted by Crippen LogP contribution is 2.29. The van der Waals surface area contributed by atoms with Gasteiger partial charge in [-0.15, -0.1) is 0 Å². The first-order chi connectivity index (χ1) is 10.2. The highest BCUT2D eigenvalue weighted by Gasteiger charge is 2.12. The van der Waals surface area contributed by atoms with Crippen LogP contribution in [0.2, 0.25) is 0 Å². The minimum Gasteiger partial charge on any atom is -0.342 e. The Kier molecular flexibility index (Phi) is 5.34. The lowest BCUT2D eigenvalue weighted by molar-refractivity contribution is 0.621. The molecule has 2 aromatic rings. The Morgan fingerprint density at radius 3 is 2.38 bits per heavy atom. The molecule has 0 spiro atoms. The summed E-state index contributed by atoms with van der Waals surface area (Å²) < 4.78 is 13.6. The van der Waals surface area contributed by atoms with Crippen molar-refractivity contribution in [3.63, 3.8) is 0 Å². The summed E-state index contributed by atoms with van der Waals surface area (Å²) in [7, 11) is 0. The van der Waals surface area contributed by atoms with Gasteiger partial charge in [-0.3, -0.25) is 0 Å². The first kappa shape index (κ1) is 15.5. The second-order valence-corrected chi connectivity index (χ2v) is 5.13. The number of nitrogens with zero attached hydrogens (tertiary/aromatic N) is 1. The summed E-state index contributed by atoms with van der Waals surface area (Å²) in [6, 6.07) is 13.4. The zero-order chi connectivity index (χ0) is 15.2. The van der Waals surface area contributed by atoms with Crippen LogP contribution in [0.15, 0.2) is 42.5 Å². The molecule has 0 aromatic heterocycles. The number of rotatable bonds is 6. The SMILES string of the molecule is CCNCc1cc(F)ccc1N(CC)c1ccc(C)cc1. The largest absolute Gasteiger partial charge is 0.342 e. The molecular weight excluding hydrogens is 263 g/mol. The van der Waals surface area contributed by atoms with E-state index in [-0.39, 0.29) is 5.82 Å². The molecule has 0 saturated carbocycles. The Morgan fingerprint density at radius 2 is 1.76 bits per heavy atom. The van der Waals surface area contributed by atoms with Crippen LogP contribution in [-0.2, 0) is 6.54 Å². The monoisotopic (exact) mass is 286 g/mol. The van der Waals surface area contributed by atoms with Crippen molar-refractivity contribution < 1.29 is 4.39 Å². The Hall–Kier alpha value is -1.87. The van der Waals surface area contributed by atoms with Gasteiger partial charge in [-0.2, -0.15) is 0 Å². The molecule has 0 fully saturated rings. The van der Waals surface area contributed by atoms with E-state index in [2.05, 4.69) is 55.3 Å². The average molecular weight is 286 g/mol. The molecule has 0 saturated heterocycles. The van der Waals surface area contributed by atoms with E-state index in [0.717, 1.165) is 30.0 Å². The summed E-state index contributed by atoms with van der Waals surface area (Å²) in [4.78, 5) is 2.21. The van der Waals surface area contributed by atoms with Crippen LogP contribution in [0, 0.1) is 12.7 Å². The third kappa shape index (κ3) is 3.82. The van der Waals surface area contributed by atoms with Gasteiger partial charge in [0.2, 0.25) is 0 Å². The molecular formula is C18H23FN2. The van der Waals surface area contributed by atoms with Crippen molar-refractivity contribution in [2.45, 2.75) is 27.3 Å². The number of hydrogen-bond donors (Lipinski definition) is 1. The fourth-order valence-corrected chi connectivity index (χ4v) is 2.44. The predicted molar refractivity (Wildman–Crippen MR) is 87.6 cm³/mol. The van der Waals surface area contributed by atoms with Crippen molar-refractivity contribution in [2.75, 3.05) is 18.0 Å². The summed E-state index contributed by atoms with van der Waals surface area (Å²) in [6.07, 6.45) is 0. The standard InChI is InChI=1S/C18H23FN2/c1-4-20-13-15-12-16(19)8-11-18(15)21(5-2)17-9-6-14(3)7-10-17/h6-12,20H,4-5,13H2,1-3H3. The van der Waals surface area contributed by atoms with E-state index < -0.39 is 0 Å². The van der Waals surface area contributed by atoms with E-state index in [1.807, 2.05) is 6.07 Å². The topological polar surface area (TPSA) is 15.3 Å². The fraction of sp³-hybridized carbons (Fsp3) is 0.333. The molecule has 2 nitrogen and oxygen atoms in total. The van der Waals surface area contributed by atoms with E-state index in [1.165, 1.54) is 11.6 Å². The normalized spacial score (nSPS) is 10.7. The molecule has 0 radical (unpaired) electrons. The molecule has 0 amide bonds. The number of nitrogens with one attached hydrogen (secondary N) is 1. The third-order valence-corrected chi connectivity index (χ3v) is 3.56. The minimum absolute atomic E-state index is 0.188. The lowest BCUT2D eigenvalue weighted by Gasteiger charge is -2.26. The molecule has 0 aliphatic rings. The van der Waals surface area contributed by atoms with Crippen molar-refractivity contribution in [1.82, 2.24) is 5.32 Å². The molecule has 0 unspecified atom stereocenters. The average Bonchev–Trinajstić information content (AvgIpc) is 2.49. The maximum Gasteiger partial charge on any atom is 0.123 e. The lowest BCUT2D eigenvalue weighted by atomic mass is 10.1. The molecule has 0 atom stereocenters. The molecule has 0 bridgehead atoms. The maximum absolute atomic E-state index is 13.6. The van der Waals surface area contributed by atoms with Crippen LogP contribution >= 0.6 is 0 Å². The number of hydrogen-bond acceptors (Lipinski definition) is 2. The number of anilines is 2. The van der Waals surface area contributed by atoms with E-state index in [4.69, 9.17) is 0 Å². The maximum atomic E-state index is 13.6. The van der Waals surface area contributed by atoms with Crippen LogP contribution in [0.3, 0.4) is 0 Å². The minimum atomic E-state index is -0.188. The highest BCUT2D eigenvalue weighted by molar-refractivity contribution is 5.66. The predicted octanol–water partition coefficient (Wildman–Crippen LogP) is 4.40. The van der Waals surface area contributed by atoms with Crippen molar-refractivity contribution >= 4 is 11.4 Å². The van der Waals surface area contributed by atoms with Gasteiger partial charge in [0, 0.05) is 24.5 Å². The summed E-state index contributed by atoms with van der Waals surface area (Å²) in [5.74, 6) is -0.188. The summed E-state index contributed by atoms with van der Waals surface area (Å²) in [5, 5.41) is 3.28. The van der Waals surface area contributed by atoms with Crippen LogP contribution in [0.5, 0.6) is 0 Å². The van der Waals surface area contributed by atoms with Gasteiger partial charge in [0.1, 0.15) is 5.82 Å². The van der Waals surface area contributed by atoms with Gasteiger partial charge >= 0.3 is 0 Å². The molecule has 2 aromatic carbocycles. The molecule has 0 aliphatic carbocycles. The number of aryl methyl sites for hydroxylation is 1. The first-order valence-electron chi connectivity index (χ1n) is 7.49. The zero-order valence-corrected chi connectivity index (χ0v) is 13.0. The van der Waals surface area contributed by atoms with E-state index in [1.54, 1.807) is 6.07 Å². The van der Waals surface area contributed by atoms with Crippen LogP contribution in [-0.4, -0.2) is 13.1 Å². The van der Waals surface area contributed by atoms with Gasteiger partial charge in [-0.25, -0.2) is 4.39 Å². The van der Waals surface area contributed by atoms with Crippen molar-refractivity contribution in [3.05, 3.63) is 59.4 Å². The molecule has 1 N–H and O–H groups in total. The van der Waals surface area contributed by atoms with Crippen molar-refractivity contribution in [3.8, 4) is 0 Å². The van der Waals surface area contributed by atoms with Crippen LogP contribution in [0.25, 0.3) is 0 Å². The van der Waals surface area contributed by atoms with Gasteiger partial charge in [-0.05, 0) is 56.3 Å². The Balaban J connectivity index is 2.39. The van der Waals surface area contributed by atoms with E-state index in [0.29, 0.717) is 6.54 Å². The van der Waals surface area contributed by atoms with Gasteiger partial charge in [0.05, 0.1) is 0 Å². The van der Waals surface area contributed by atoms with Crippen molar-refractivity contribution in [1.29, 1.82) is 0 Å². The summed E-state index contributed by atoms with van der Waals surface area (Å²) >= 11 is 0. The fourth-order valence-electron chi connectivity index (χ4n) is 2.44. The first-order valence-corrected chi connectivity index (χ1v) is 7.49. The zero-order valence-electron chi connectivity index (χ0n) is 13.0. The quantitative estimate of drug-likeness (QED) is 0.846. The molecule has 0 aliphatic heterocycles. The second kappa shape index (κ2) is 7.23. The third-order valence-electron chi connectivity index (χ3n) is 3.56. The molecule has 0 heterocycles. The van der Waals surface area contributed by atoms with E-state index >= 15 is 0 Å². The van der Waals surface area contributed by atoms with E-state index in [9.17, 15) is 4.39 Å². The smallest absolute Gasteiger partial charge is 0.123 e. The number of halogens is 1. The van der Waals surface area contributed by atoms with Crippen LogP contribution in [0.4, 0.5) is 15.8 Å². The second-order valence-electron chi connectivity index (χ2n) is 5.13.